The van der Waals surface area contributed by atoms with Gasteiger partial charge >= 0.3 is 0 Å². The van der Waals surface area contributed by atoms with Gasteiger partial charge in [-0.25, -0.2) is 0 Å². The maximum Gasteiger partial charge on any atom is 0.0539 e. The zero-order chi connectivity index (χ0) is 37.3. The molecule has 0 saturated carbocycles. The first kappa shape index (κ1) is 33.8. The van der Waals surface area contributed by atoms with Gasteiger partial charge in [-0.15, -0.1) is 11.3 Å². The van der Waals surface area contributed by atoms with Gasteiger partial charge in [0.2, 0.25) is 0 Å². The lowest BCUT2D eigenvalue weighted by molar-refractivity contribution is 1.04. The second-order valence-corrected chi connectivity index (χ2v) is 15.5. The van der Waals surface area contributed by atoms with Crippen LogP contribution < -0.4 is 4.90 Å². The van der Waals surface area contributed by atoms with Gasteiger partial charge < -0.3 is 4.90 Å². The molecule has 56 heavy (non-hydrogen) atoms. The molecule has 0 radical (unpaired) electrons. The highest BCUT2D eigenvalue weighted by molar-refractivity contribution is 7.25. The molecule has 1 aliphatic carbocycles. The summed E-state index contributed by atoms with van der Waals surface area (Å²) in [6.07, 6.45) is 9.08. The number of thiophene rings is 1. The lowest BCUT2D eigenvalue weighted by atomic mass is 9.90. The van der Waals surface area contributed by atoms with Crippen LogP contribution in [-0.2, 0) is 0 Å². The van der Waals surface area contributed by atoms with Crippen molar-refractivity contribution in [2.45, 2.75) is 12.8 Å². The normalized spacial score (nSPS) is 12.5. The Morgan fingerprint density at radius 3 is 1.70 bits per heavy atom. The SMILES string of the molecule is C1=CC(c2ccccc2N(c2ccc(-c3ccccc3)cc2)c2ccc(-c3ccc(-c4ccccc4)c(-c4ccc5sc6ccccc6c5c4)c3)cc2)=CCC1. The Morgan fingerprint density at radius 1 is 0.375 bits per heavy atom. The van der Waals surface area contributed by atoms with Crippen LogP contribution in [0.15, 0.2) is 212 Å². The number of para-hydroxylation sites is 1. The highest BCUT2D eigenvalue weighted by Gasteiger charge is 2.19. The van der Waals surface area contributed by atoms with Gasteiger partial charge in [-0.1, -0.05) is 158 Å². The first-order valence-electron chi connectivity index (χ1n) is 19.4. The third kappa shape index (κ3) is 6.45. The van der Waals surface area contributed by atoms with Crippen LogP contribution in [0, 0.1) is 0 Å². The van der Waals surface area contributed by atoms with Crippen LogP contribution in [0.4, 0.5) is 17.1 Å². The molecule has 1 nitrogen and oxygen atoms in total. The lowest BCUT2D eigenvalue weighted by Crippen LogP contribution is -2.12. The van der Waals surface area contributed by atoms with Crippen molar-refractivity contribution in [3.05, 3.63) is 218 Å². The van der Waals surface area contributed by atoms with Crippen LogP contribution >= 0.6 is 11.3 Å². The molecule has 0 spiro atoms. The Bertz CT molecular complexity index is 2880. The summed E-state index contributed by atoms with van der Waals surface area (Å²) in [4.78, 5) is 2.40. The van der Waals surface area contributed by atoms with E-state index in [1.54, 1.807) is 0 Å². The smallest absolute Gasteiger partial charge is 0.0539 e. The average molecular weight is 734 g/mol. The van der Waals surface area contributed by atoms with Crippen LogP contribution in [0.3, 0.4) is 0 Å². The Morgan fingerprint density at radius 2 is 0.964 bits per heavy atom. The molecule has 9 aromatic rings. The number of hydrogen-bond acceptors (Lipinski definition) is 2. The van der Waals surface area contributed by atoms with Crippen LogP contribution in [-0.4, -0.2) is 0 Å². The van der Waals surface area contributed by atoms with Gasteiger partial charge in [0.1, 0.15) is 0 Å². The number of nitrogens with zero attached hydrogens (tertiary/aromatic N) is 1. The number of fused-ring (bicyclic) bond motifs is 3. The van der Waals surface area contributed by atoms with E-state index in [4.69, 9.17) is 0 Å². The third-order valence-electron chi connectivity index (χ3n) is 10.9. The molecular formula is C54H39NS. The summed E-state index contributed by atoms with van der Waals surface area (Å²) in [5.41, 5.74) is 15.6. The Kier molecular flexibility index (Phi) is 8.95. The fraction of sp³-hybridized carbons (Fsp3) is 0.0370. The molecule has 1 aliphatic rings. The van der Waals surface area contributed by atoms with E-state index in [1.165, 1.54) is 75.8 Å². The van der Waals surface area contributed by atoms with Gasteiger partial charge in [-0.2, -0.15) is 0 Å². The Hall–Kier alpha value is -6.74. The fourth-order valence-electron chi connectivity index (χ4n) is 8.12. The zero-order valence-corrected chi connectivity index (χ0v) is 31.8. The molecule has 0 saturated heterocycles. The molecule has 1 heterocycles. The first-order chi connectivity index (χ1) is 27.8. The van der Waals surface area contributed by atoms with Gasteiger partial charge in [-0.05, 0) is 118 Å². The fourth-order valence-corrected chi connectivity index (χ4v) is 9.20. The standard InChI is InChI=1S/C54H39NS/c1-4-14-38(15-5-1)39-24-30-45(31-25-39)55(52-22-12-10-20-48(52)42-18-8-3-9-19-42)46-32-26-40(27-33-46)43-28-34-47(41-16-6-2-7-17-41)50(36-43)44-29-35-54-51(37-44)49-21-11-13-23-53(49)56-54/h1-2,4-8,10-37H,3,9H2. The molecule has 10 rings (SSSR count). The highest BCUT2D eigenvalue weighted by Crippen LogP contribution is 2.43. The molecular weight excluding hydrogens is 695 g/mol. The van der Waals surface area contributed by atoms with Crippen molar-refractivity contribution in [3.8, 4) is 44.5 Å². The summed E-state index contributed by atoms with van der Waals surface area (Å²) >= 11 is 1.86. The van der Waals surface area contributed by atoms with Crippen molar-refractivity contribution in [1.82, 2.24) is 0 Å². The van der Waals surface area contributed by atoms with Gasteiger partial charge in [0.15, 0.2) is 0 Å². The topological polar surface area (TPSA) is 3.24 Å². The summed E-state index contributed by atoms with van der Waals surface area (Å²) in [6, 6.07) is 70.9. The van der Waals surface area contributed by atoms with Crippen LogP contribution in [0.25, 0.3) is 70.3 Å². The number of allylic oxidation sites excluding steroid dienone is 4. The number of anilines is 3. The van der Waals surface area contributed by atoms with Crippen LogP contribution in [0.1, 0.15) is 18.4 Å². The lowest BCUT2D eigenvalue weighted by Gasteiger charge is -2.28. The minimum atomic E-state index is 1.06. The molecule has 0 unspecified atom stereocenters. The van der Waals surface area contributed by atoms with Gasteiger partial charge in [-0.3, -0.25) is 0 Å². The first-order valence-corrected chi connectivity index (χ1v) is 20.2. The zero-order valence-electron chi connectivity index (χ0n) is 31.0. The predicted octanol–water partition coefficient (Wildman–Crippen LogP) is 15.9. The highest BCUT2D eigenvalue weighted by atomic mass is 32.1. The van der Waals surface area contributed by atoms with Gasteiger partial charge in [0.05, 0.1) is 5.69 Å². The molecule has 0 bridgehead atoms. The van der Waals surface area contributed by atoms with Crippen molar-refractivity contribution >= 4 is 54.1 Å². The minimum Gasteiger partial charge on any atom is -0.310 e. The molecule has 1 aromatic heterocycles. The van der Waals surface area contributed by atoms with E-state index in [9.17, 15) is 0 Å². The van der Waals surface area contributed by atoms with E-state index >= 15 is 0 Å². The molecule has 8 aromatic carbocycles. The molecule has 0 N–H and O–H groups in total. The number of benzene rings is 8. The van der Waals surface area contributed by atoms with Crippen molar-refractivity contribution in [2.24, 2.45) is 0 Å². The van der Waals surface area contributed by atoms with Gasteiger partial charge in [0, 0.05) is 37.1 Å². The average Bonchev–Trinajstić information content (AvgIpc) is 3.66. The second kappa shape index (κ2) is 14.8. The third-order valence-corrected chi connectivity index (χ3v) is 12.1. The molecule has 0 aliphatic heterocycles. The number of hydrogen-bond donors (Lipinski definition) is 0. The van der Waals surface area contributed by atoms with Crippen LogP contribution in [0.5, 0.6) is 0 Å². The second-order valence-electron chi connectivity index (χ2n) is 14.4. The van der Waals surface area contributed by atoms with E-state index in [0.29, 0.717) is 0 Å². The Labute approximate surface area is 332 Å². The molecule has 0 atom stereocenters. The van der Waals surface area contributed by atoms with E-state index in [0.717, 1.165) is 29.9 Å². The summed E-state index contributed by atoms with van der Waals surface area (Å²) in [5, 5.41) is 2.63. The van der Waals surface area contributed by atoms with Crippen molar-refractivity contribution in [3.63, 3.8) is 0 Å². The largest absolute Gasteiger partial charge is 0.310 e. The van der Waals surface area contributed by atoms with Crippen LogP contribution in [0.2, 0.25) is 0 Å². The molecule has 0 fully saturated rings. The van der Waals surface area contributed by atoms with Crippen molar-refractivity contribution in [2.75, 3.05) is 4.90 Å². The van der Waals surface area contributed by atoms with E-state index < -0.39 is 0 Å². The van der Waals surface area contributed by atoms with Crippen molar-refractivity contribution < 1.29 is 0 Å². The Balaban J connectivity index is 1.07. The quantitative estimate of drug-likeness (QED) is 0.150. The predicted molar refractivity (Wildman–Crippen MR) is 242 cm³/mol. The van der Waals surface area contributed by atoms with E-state index in [-0.39, 0.29) is 0 Å². The summed E-state index contributed by atoms with van der Waals surface area (Å²) in [7, 11) is 0. The van der Waals surface area contributed by atoms with Gasteiger partial charge in [0.25, 0.3) is 0 Å². The van der Waals surface area contributed by atoms with E-state index in [2.05, 4.69) is 217 Å². The molecule has 2 heteroatoms. The summed E-state index contributed by atoms with van der Waals surface area (Å²) < 4.78 is 2.65. The van der Waals surface area contributed by atoms with Crippen molar-refractivity contribution in [1.29, 1.82) is 0 Å². The monoisotopic (exact) mass is 733 g/mol. The summed E-state index contributed by atoms with van der Waals surface area (Å²) in [5.74, 6) is 0. The van der Waals surface area contributed by atoms with E-state index in [1.807, 2.05) is 11.3 Å². The maximum atomic E-state index is 2.40. The molecule has 0 amide bonds. The minimum absolute atomic E-state index is 1.06. The summed E-state index contributed by atoms with van der Waals surface area (Å²) in [6.45, 7) is 0. The molecule has 266 valence electrons. The number of rotatable bonds is 8. The maximum absolute atomic E-state index is 2.40.